The van der Waals surface area contributed by atoms with E-state index in [1.165, 1.54) is 10.6 Å². The van der Waals surface area contributed by atoms with Gasteiger partial charge in [0.1, 0.15) is 0 Å². The number of fused-ring (bicyclic) bond motifs is 1. The van der Waals surface area contributed by atoms with E-state index < -0.39 is 16.0 Å². The van der Waals surface area contributed by atoms with Gasteiger partial charge in [-0.15, -0.1) is 0 Å². The summed E-state index contributed by atoms with van der Waals surface area (Å²) in [6.07, 6.45) is 2.45. The molecule has 1 heterocycles. The highest BCUT2D eigenvalue weighted by molar-refractivity contribution is 7.92. The second kappa shape index (κ2) is 7.40. The van der Waals surface area contributed by atoms with Gasteiger partial charge in [-0.2, -0.15) is 0 Å². The van der Waals surface area contributed by atoms with Crippen molar-refractivity contribution in [3.63, 3.8) is 0 Å². The smallest absolute Gasteiger partial charge is 0.307 e. The molecule has 0 radical (unpaired) electrons. The van der Waals surface area contributed by atoms with Crippen LogP contribution in [0.5, 0.6) is 0 Å². The highest BCUT2D eigenvalue weighted by Gasteiger charge is 2.24. The van der Waals surface area contributed by atoms with Crippen LogP contribution in [0.15, 0.2) is 42.5 Å². The zero-order valence-electron chi connectivity index (χ0n) is 14.8. The molecule has 0 spiro atoms. The number of hydrogen-bond acceptors (Lipinski definition) is 4. The van der Waals surface area contributed by atoms with E-state index in [0.29, 0.717) is 41.9 Å². The number of amides is 1. The third kappa shape index (κ3) is 4.46. The zero-order chi connectivity index (χ0) is 19.6. The average Bonchev–Trinajstić information content (AvgIpc) is 2.59. The van der Waals surface area contributed by atoms with Crippen LogP contribution < -0.4 is 9.62 Å². The second-order valence-corrected chi connectivity index (χ2v) is 8.41. The largest absolute Gasteiger partial charge is 0.481 e. The van der Waals surface area contributed by atoms with Gasteiger partial charge in [0.25, 0.3) is 5.91 Å². The van der Waals surface area contributed by atoms with Crippen LogP contribution in [0.4, 0.5) is 11.4 Å². The molecule has 0 fully saturated rings. The molecule has 0 aliphatic carbocycles. The Labute approximate surface area is 157 Å². The summed E-state index contributed by atoms with van der Waals surface area (Å²) in [5.41, 5.74) is 2.96. The molecule has 2 N–H and O–H groups in total. The van der Waals surface area contributed by atoms with Gasteiger partial charge in [-0.25, -0.2) is 8.42 Å². The van der Waals surface area contributed by atoms with Crippen LogP contribution in [0.25, 0.3) is 0 Å². The Morgan fingerprint density at radius 2 is 1.96 bits per heavy atom. The van der Waals surface area contributed by atoms with E-state index in [9.17, 15) is 18.0 Å². The average molecular weight is 388 g/mol. The molecule has 27 heavy (non-hydrogen) atoms. The lowest BCUT2D eigenvalue weighted by molar-refractivity contribution is -0.136. The van der Waals surface area contributed by atoms with Crippen molar-refractivity contribution in [1.29, 1.82) is 0 Å². The van der Waals surface area contributed by atoms with E-state index in [1.807, 2.05) is 0 Å². The maximum Gasteiger partial charge on any atom is 0.307 e. The summed E-state index contributed by atoms with van der Waals surface area (Å²) in [7, 11) is -3.35. The lowest BCUT2D eigenvalue weighted by Gasteiger charge is -2.29. The summed E-state index contributed by atoms with van der Waals surface area (Å²) >= 11 is 0. The predicted molar refractivity (Wildman–Crippen MR) is 103 cm³/mol. The Morgan fingerprint density at radius 1 is 1.19 bits per heavy atom. The fraction of sp³-hybridized carbons (Fsp3) is 0.263. The van der Waals surface area contributed by atoms with Crippen LogP contribution in [-0.4, -0.2) is 38.2 Å². The maximum absolute atomic E-state index is 12.6. The van der Waals surface area contributed by atoms with Crippen LogP contribution >= 0.6 is 0 Å². The van der Waals surface area contributed by atoms with Gasteiger partial charge in [0.15, 0.2) is 0 Å². The Bertz CT molecular complexity index is 1000. The molecule has 1 amide bonds. The lowest BCUT2D eigenvalue weighted by atomic mass is 10.0. The number of anilines is 2. The minimum absolute atomic E-state index is 0.121. The standard InChI is InChI=1S/C19H20N2O5S/c1-27(25,26)21-9-3-5-14-12-15(7-8-17(14)21)19(24)20-16-6-2-4-13(10-16)11-18(22)23/h2,4,6-8,10,12H,3,5,9,11H2,1H3,(H,20,24)(H,22,23). The minimum atomic E-state index is -3.35. The first kappa shape index (κ1) is 18.9. The Morgan fingerprint density at radius 3 is 2.67 bits per heavy atom. The minimum Gasteiger partial charge on any atom is -0.481 e. The first-order valence-corrected chi connectivity index (χ1v) is 10.3. The molecule has 3 rings (SSSR count). The van der Waals surface area contributed by atoms with Gasteiger partial charge in [-0.05, 0) is 54.3 Å². The summed E-state index contributed by atoms with van der Waals surface area (Å²) in [6, 6.07) is 11.6. The number of sulfonamides is 1. The van der Waals surface area contributed by atoms with Crippen molar-refractivity contribution in [3.05, 3.63) is 59.2 Å². The van der Waals surface area contributed by atoms with E-state index in [0.717, 1.165) is 5.56 Å². The Hall–Kier alpha value is -2.87. The normalized spacial score (nSPS) is 13.7. The number of carbonyl (C=O) groups excluding carboxylic acids is 1. The topological polar surface area (TPSA) is 104 Å². The lowest BCUT2D eigenvalue weighted by Crippen LogP contribution is -2.34. The zero-order valence-corrected chi connectivity index (χ0v) is 15.6. The van der Waals surface area contributed by atoms with Crippen molar-refractivity contribution in [3.8, 4) is 0 Å². The van der Waals surface area contributed by atoms with Crippen molar-refractivity contribution in [2.24, 2.45) is 0 Å². The molecule has 2 aromatic carbocycles. The van der Waals surface area contributed by atoms with Gasteiger partial charge in [-0.1, -0.05) is 12.1 Å². The number of benzene rings is 2. The summed E-state index contributed by atoms with van der Waals surface area (Å²) < 4.78 is 25.2. The van der Waals surface area contributed by atoms with E-state index in [2.05, 4.69) is 5.32 Å². The molecule has 2 aromatic rings. The van der Waals surface area contributed by atoms with Crippen LogP contribution in [-0.2, 0) is 27.7 Å². The molecule has 142 valence electrons. The summed E-state index contributed by atoms with van der Waals surface area (Å²) in [5.74, 6) is -1.27. The van der Waals surface area contributed by atoms with Gasteiger partial charge in [0, 0.05) is 17.8 Å². The first-order valence-electron chi connectivity index (χ1n) is 8.47. The molecule has 1 aliphatic heterocycles. The Kier molecular flexibility index (Phi) is 5.18. The van der Waals surface area contributed by atoms with Crippen molar-refractivity contribution in [1.82, 2.24) is 0 Å². The second-order valence-electron chi connectivity index (χ2n) is 6.51. The molecule has 0 atom stereocenters. The molecular formula is C19H20N2O5S. The number of aliphatic carboxylic acids is 1. The van der Waals surface area contributed by atoms with Crippen LogP contribution in [0, 0.1) is 0 Å². The van der Waals surface area contributed by atoms with Gasteiger partial charge in [0.2, 0.25) is 10.0 Å². The summed E-state index contributed by atoms with van der Waals surface area (Å²) in [5, 5.41) is 11.6. The highest BCUT2D eigenvalue weighted by atomic mass is 32.2. The number of aryl methyl sites for hydroxylation is 1. The van der Waals surface area contributed by atoms with Gasteiger partial charge >= 0.3 is 5.97 Å². The first-order chi connectivity index (χ1) is 12.7. The fourth-order valence-electron chi connectivity index (χ4n) is 3.19. The van der Waals surface area contributed by atoms with Crippen LogP contribution in [0.2, 0.25) is 0 Å². The van der Waals surface area contributed by atoms with Crippen molar-refractivity contribution < 1.29 is 23.1 Å². The molecule has 0 saturated carbocycles. The predicted octanol–water partition coefficient (Wildman–Crippen LogP) is 2.28. The third-order valence-electron chi connectivity index (χ3n) is 4.36. The van der Waals surface area contributed by atoms with Gasteiger partial charge in [-0.3, -0.25) is 13.9 Å². The van der Waals surface area contributed by atoms with Gasteiger partial charge < -0.3 is 10.4 Å². The quantitative estimate of drug-likeness (QED) is 0.818. The van der Waals surface area contributed by atoms with Crippen molar-refractivity contribution >= 4 is 33.3 Å². The molecular weight excluding hydrogens is 368 g/mol. The van der Waals surface area contributed by atoms with E-state index in [4.69, 9.17) is 5.11 Å². The molecule has 7 nitrogen and oxygen atoms in total. The van der Waals surface area contributed by atoms with Crippen molar-refractivity contribution in [2.45, 2.75) is 19.3 Å². The Balaban J connectivity index is 1.81. The maximum atomic E-state index is 12.6. The SMILES string of the molecule is CS(=O)(=O)N1CCCc2cc(C(=O)Nc3cccc(CC(=O)O)c3)ccc21. The van der Waals surface area contributed by atoms with Crippen LogP contribution in [0.1, 0.15) is 27.9 Å². The fourth-order valence-corrected chi connectivity index (χ4v) is 4.18. The third-order valence-corrected chi connectivity index (χ3v) is 5.54. The molecule has 0 saturated heterocycles. The summed E-state index contributed by atoms with van der Waals surface area (Å²) in [6.45, 7) is 0.438. The number of carboxylic acids is 1. The van der Waals surface area contributed by atoms with Crippen LogP contribution in [0.3, 0.4) is 0 Å². The molecule has 0 aromatic heterocycles. The van der Waals surface area contributed by atoms with E-state index >= 15 is 0 Å². The summed E-state index contributed by atoms with van der Waals surface area (Å²) in [4.78, 5) is 23.4. The van der Waals surface area contributed by atoms with Gasteiger partial charge in [0.05, 0.1) is 18.4 Å². The molecule has 1 aliphatic rings. The van der Waals surface area contributed by atoms with Crippen molar-refractivity contribution in [2.75, 3.05) is 22.4 Å². The number of rotatable bonds is 5. The molecule has 0 bridgehead atoms. The highest BCUT2D eigenvalue weighted by Crippen LogP contribution is 2.30. The van der Waals surface area contributed by atoms with E-state index in [-0.39, 0.29) is 12.3 Å². The molecule has 0 unspecified atom stereocenters. The number of carbonyl (C=O) groups is 2. The number of nitrogens with one attached hydrogen (secondary N) is 1. The number of nitrogens with zero attached hydrogens (tertiary/aromatic N) is 1. The number of carboxylic acid groups (broad SMARTS) is 1. The number of hydrogen-bond donors (Lipinski definition) is 2. The molecule has 8 heteroatoms. The monoisotopic (exact) mass is 388 g/mol. The van der Waals surface area contributed by atoms with E-state index in [1.54, 1.807) is 42.5 Å².